The molecule has 0 bridgehead atoms. The molecule has 0 saturated carbocycles. The van der Waals surface area contributed by atoms with Crippen LogP contribution in [0.15, 0.2) is 218 Å². The average Bonchev–Trinajstić information content (AvgIpc) is 3.59. The molecule has 9 aromatic carbocycles. The first-order valence-electron chi connectivity index (χ1n) is 18.5. The molecule has 10 rings (SSSR count). The van der Waals surface area contributed by atoms with E-state index in [0.717, 1.165) is 22.7 Å². The largest absolute Gasteiger partial charge is 0.311 e. The summed E-state index contributed by atoms with van der Waals surface area (Å²) in [6.45, 7) is 0. The molecule has 0 atom stereocenters. The van der Waals surface area contributed by atoms with Gasteiger partial charge >= 0.3 is 0 Å². The topological polar surface area (TPSA) is 8.17 Å². The molecule has 0 N–H and O–H groups in total. The number of fused-ring (bicyclic) bond motifs is 4. The van der Waals surface area contributed by atoms with Gasteiger partial charge in [-0.15, -0.1) is 0 Å². The Morgan fingerprint density at radius 2 is 0.704 bits per heavy atom. The number of aromatic nitrogens is 1. The second kappa shape index (κ2) is 13.4. The van der Waals surface area contributed by atoms with Gasteiger partial charge in [0.1, 0.15) is 0 Å². The predicted molar refractivity (Wildman–Crippen MR) is 229 cm³/mol. The van der Waals surface area contributed by atoms with E-state index in [4.69, 9.17) is 0 Å². The zero-order valence-electron chi connectivity index (χ0n) is 29.7. The maximum Gasteiger partial charge on any atom is 0.0541 e. The summed E-state index contributed by atoms with van der Waals surface area (Å²) < 4.78 is 2.37. The van der Waals surface area contributed by atoms with Crippen molar-refractivity contribution < 1.29 is 0 Å². The molecule has 0 fully saturated rings. The van der Waals surface area contributed by atoms with Gasteiger partial charge in [0.05, 0.1) is 11.0 Å². The minimum atomic E-state index is 1.10. The molecule has 0 unspecified atom stereocenters. The Hall–Kier alpha value is -7.16. The predicted octanol–water partition coefficient (Wildman–Crippen LogP) is 14.4. The van der Waals surface area contributed by atoms with E-state index in [0.29, 0.717) is 0 Å². The van der Waals surface area contributed by atoms with Crippen molar-refractivity contribution >= 4 is 49.6 Å². The molecule has 0 spiro atoms. The van der Waals surface area contributed by atoms with Crippen LogP contribution in [-0.2, 0) is 0 Å². The Labute approximate surface area is 315 Å². The van der Waals surface area contributed by atoms with Crippen molar-refractivity contribution in [3.63, 3.8) is 0 Å². The van der Waals surface area contributed by atoms with Crippen LogP contribution in [0.3, 0.4) is 0 Å². The minimum Gasteiger partial charge on any atom is -0.311 e. The molecule has 10 aromatic rings. The number of nitrogens with zero attached hydrogens (tertiary/aromatic N) is 2. The maximum atomic E-state index is 2.37. The lowest BCUT2D eigenvalue weighted by molar-refractivity contribution is 1.17. The summed E-state index contributed by atoms with van der Waals surface area (Å²) in [6.07, 6.45) is 0. The first-order chi connectivity index (χ1) is 26.8. The summed E-state index contributed by atoms with van der Waals surface area (Å²) in [5.74, 6) is 0. The quantitative estimate of drug-likeness (QED) is 0.162. The maximum absolute atomic E-state index is 2.37. The Morgan fingerprint density at radius 1 is 0.278 bits per heavy atom. The standard InChI is InChI=1S/C52H36N2/c1-2-11-37(12-3-1)39-23-27-45(28-24-39)53(47-31-33-48(34-32-47)54-51-19-8-6-17-49(51)50-18-7-9-20-52(50)54)46-29-25-40(26-30-46)42-15-10-16-43(35-42)44-22-21-38-13-4-5-14-41(38)36-44/h1-36H. The van der Waals surface area contributed by atoms with E-state index in [1.807, 2.05) is 0 Å². The summed E-state index contributed by atoms with van der Waals surface area (Å²) in [4.78, 5) is 2.35. The Kier molecular flexibility index (Phi) is 7.85. The van der Waals surface area contributed by atoms with Crippen LogP contribution in [0.2, 0.25) is 0 Å². The summed E-state index contributed by atoms with van der Waals surface area (Å²) in [5.41, 5.74) is 14.1. The molecular weight excluding hydrogens is 653 g/mol. The van der Waals surface area contributed by atoms with E-state index in [-0.39, 0.29) is 0 Å². The van der Waals surface area contributed by atoms with Crippen LogP contribution in [0.5, 0.6) is 0 Å². The highest BCUT2D eigenvalue weighted by Gasteiger charge is 2.16. The second-order valence-corrected chi connectivity index (χ2v) is 13.8. The first-order valence-corrected chi connectivity index (χ1v) is 18.5. The van der Waals surface area contributed by atoms with Crippen molar-refractivity contribution in [1.29, 1.82) is 0 Å². The summed E-state index contributed by atoms with van der Waals surface area (Å²) in [6, 6.07) is 78.8. The van der Waals surface area contributed by atoms with E-state index in [1.54, 1.807) is 0 Å². The molecule has 2 heteroatoms. The molecule has 0 aliphatic carbocycles. The van der Waals surface area contributed by atoms with Gasteiger partial charge < -0.3 is 9.47 Å². The average molecular weight is 689 g/mol. The Balaban J connectivity index is 1.03. The molecule has 1 aromatic heterocycles. The third kappa shape index (κ3) is 5.71. The molecule has 254 valence electrons. The van der Waals surface area contributed by atoms with Gasteiger partial charge in [-0.2, -0.15) is 0 Å². The lowest BCUT2D eigenvalue weighted by Crippen LogP contribution is -2.10. The zero-order valence-corrected chi connectivity index (χ0v) is 29.7. The van der Waals surface area contributed by atoms with Crippen LogP contribution in [0, 0.1) is 0 Å². The number of hydrogen-bond donors (Lipinski definition) is 0. The normalized spacial score (nSPS) is 11.3. The fourth-order valence-corrected chi connectivity index (χ4v) is 7.88. The van der Waals surface area contributed by atoms with Crippen molar-refractivity contribution in [2.24, 2.45) is 0 Å². The summed E-state index contributed by atoms with van der Waals surface area (Å²) in [7, 11) is 0. The highest BCUT2D eigenvalue weighted by molar-refractivity contribution is 6.09. The molecule has 0 saturated heterocycles. The Morgan fingerprint density at radius 3 is 1.33 bits per heavy atom. The summed E-state index contributed by atoms with van der Waals surface area (Å²) in [5, 5.41) is 5.04. The van der Waals surface area contributed by atoms with Gasteiger partial charge in [0.25, 0.3) is 0 Å². The van der Waals surface area contributed by atoms with Gasteiger partial charge in [0, 0.05) is 33.5 Å². The van der Waals surface area contributed by atoms with E-state index in [1.165, 1.54) is 66.0 Å². The van der Waals surface area contributed by atoms with Crippen LogP contribution in [0.25, 0.3) is 71.6 Å². The van der Waals surface area contributed by atoms with Gasteiger partial charge in [-0.25, -0.2) is 0 Å². The van der Waals surface area contributed by atoms with Crippen LogP contribution in [0.4, 0.5) is 17.1 Å². The fourth-order valence-electron chi connectivity index (χ4n) is 7.88. The van der Waals surface area contributed by atoms with Crippen molar-refractivity contribution in [2.75, 3.05) is 4.90 Å². The number of anilines is 3. The van der Waals surface area contributed by atoms with Crippen LogP contribution in [0.1, 0.15) is 0 Å². The first kappa shape index (κ1) is 31.6. The molecule has 0 radical (unpaired) electrons. The minimum absolute atomic E-state index is 1.10. The molecular formula is C52H36N2. The van der Waals surface area contributed by atoms with Crippen molar-refractivity contribution in [3.8, 4) is 39.1 Å². The third-order valence-electron chi connectivity index (χ3n) is 10.6. The number of rotatable bonds is 7. The number of benzene rings is 9. The molecule has 2 nitrogen and oxygen atoms in total. The molecule has 0 aliphatic heterocycles. The molecule has 0 aliphatic rings. The van der Waals surface area contributed by atoms with E-state index >= 15 is 0 Å². The lowest BCUT2D eigenvalue weighted by Gasteiger charge is -2.26. The van der Waals surface area contributed by atoms with E-state index in [2.05, 4.69) is 228 Å². The van der Waals surface area contributed by atoms with Crippen molar-refractivity contribution in [2.45, 2.75) is 0 Å². The Bertz CT molecular complexity index is 2850. The van der Waals surface area contributed by atoms with Gasteiger partial charge in [0.15, 0.2) is 0 Å². The van der Waals surface area contributed by atoms with E-state index in [9.17, 15) is 0 Å². The molecule has 0 amide bonds. The lowest BCUT2D eigenvalue weighted by atomic mass is 9.97. The SMILES string of the molecule is c1ccc(-c2ccc(N(c3ccc(-c4cccc(-c5ccc6ccccc6c5)c4)cc3)c3ccc(-n4c5ccccc5c5ccccc54)cc3)cc2)cc1. The molecule has 1 heterocycles. The van der Waals surface area contributed by atoms with Gasteiger partial charge in [-0.3, -0.25) is 0 Å². The highest BCUT2D eigenvalue weighted by Crippen LogP contribution is 2.39. The van der Waals surface area contributed by atoms with Crippen LogP contribution in [-0.4, -0.2) is 4.57 Å². The van der Waals surface area contributed by atoms with Gasteiger partial charge in [-0.1, -0.05) is 146 Å². The van der Waals surface area contributed by atoms with Crippen LogP contribution >= 0.6 is 0 Å². The third-order valence-corrected chi connectivity index (χ3v) is 10.6. The molecule has 54 heavy (non-hydrogen) atoms. The van der Waals surface area contributed by atoms with Crippen LogP contribution < -0.4 is 4.90 Å². The summed E-state index contributed by atoms with van der Waals surface area (Å²) >= 11 is 0. The smallest absolute Gasteiger partial charge is 0.0541 e. The number of para-hydroxylation sites is 2. The fraction of sp³-hybridized carbons (Fsp3) is 0. The van der Waals surface area contributed by atoms with Crippen molar-refractivity contribution in [1.82, 2.24) is 4.57 Å². The van der Waals surface area contributed by atoms with Crippen molar-refractivity contribution in [3.05, 3.63) is 218 Å². The van der Waals surface area contributed by atoms with E-state index < -0.39 is 0 Å². The number of hydrogen-bond acceptors (Lipinski definition) is 1. The highest BCUT2D eigenvalue weighted by atomic mass is 15.1. The monoisotopic (exact) mass is 688 g/mol. The second-order valence-electron chi connectivity index (χ2n) is 13.8. The zero-order chi connectivity index (χ0) is 35.8. The van der Waals surface area contributed by atoms with Gasteiger partial charge in [0.2, 0.25) is 0 Å². The van der Waals surface area contributed by atoms with Gasteiger partial charge in [-0.05, 0) is 117 Å².